The molecular weight excluding hydrogens is 335 g/mol. The molecule has 0 N–H and O–H groups in total. The van der Waals surface area contributed by atoms with Gasteiger partial charge in [-0.25, -0.2) is 9.37 Å². The fraction of sp³-hybridized carbons (Fsp3) is 0.0769. The van der Waals surface area contributed by atoms with Crippen LogP contribution in [0.1, 0.15) is 10.4 Å². The summed E-state index contributed by atoms with van der Waals surface area (Å²) in [6, 6.07) is 7.58. The van der Waals surface area contributed by atoms with Gasteiger partial charge in [0.15, 0.2) is 0 Å². The van der Waals surface area contributed by atoms with Gasteiger partial charge in [-0.1, -0.05) is 23.7 Å². The number of carbonyl (C=O) groups is 1. The maximum atomic E-state index is 13.6. The second-order valence-corrected chi connectivity index (χ2v) is 5.08. The van der Waals surface area contributed by atoms with Gasteiger partial charge in [0.25, 0.3) is 5.91 Å². The van der Waals surface area contributed by atoms with Crippen LogP contribution in [0.2, 0.25) is 5.15 Å². The number of hydrogen-bond donors (Lipinski definition) is 0. The van der Waals surface area contributed by atoms with Crippen molar-refractivity contribution in [3.05, 3.63) is 57.5 Å². The first kappa shape index (κ1) is 14.0. The molecule has 3 nitrogen and oxygen atoms in total. The monoisotopic (exact) mass is 342 g/mol. The summed E-state index contributed by atoms with van der Waals surface area (Å²) < 4.78 is 14.3. The molecule has 0 atom stereocenters. The van der Waals surface area contributed by atoms with Crippen LogP contribution in [0.3, 0.4) is 0 Å². The van der Waals surface area contributed by atoms with Crippen LogP contribution in [-0.4, -0.2) is 17.9 Å². The maximum absolute atomic E-state index is 13.6. The molecule has 0 aliphatic carbocycles. The van der Waals surface area contributed by atoms with Crippen molar-refractivity contribution in [3.63, 3.8) is 0 Å². The van der Waals surface area contributed by atoms with Crippen molar-refractivity contribution in [3.8, 4) is 0 Å². The van der Waals surface area contributed by atoms with Crippen molar-refractivity contribution < 1.29 is 9.18 Å². The van der Waals surface area contributed by atoms with E-state index in [1.54, 1.807) is 18.2 Å². The summed E-state index contributed by atoms with van der Waals surface area (Å²) in [6.07, 6.45) is 1.49. The van der Waals surface area contributed by atoms with Crippen molar-refractivity contribution in [2.75, 3.05) is 11.9 Å². The molecule has 1 amide bonds. The van der Waals surface area contributed by atoms with E-state index in [0.717, 1.165) is 0 Å². The Morgan fingerprint density at radius 3 is 2.79 bits per heavy atom. The lowest BCUT2D eigenvalue weighted by Crippen LogP contribution is -2.27. The lowest BCUT2D eigenvalue weighted by atomic mass is 10.2. The number of para-hydroxylation sites is 1. The number of benzene rings is 1. The van der Waals surface area contributed by atoms with E-state index in [9.17, 15) is 9.18 Å². The summed E-state index contributed by atoms with van der Waals surface area (Å²) >= 11 is 9.11. The molecule has 1 aromatic carbocycles. The zero-order valence-electron chi connectivity index (χ0n) is 9.90. The molecule has 2 rings (SSSR count). The number of aromatic nitrogens is 1. The number of carbonyl (C=O) groups excluding carboxylic acids is 1. The topological polar surface area (TPSA) is 33.2 Å². The van der Waals surface area contributed by atoms with Gasteiger partial charge in [0.1, 0.15) is 11.0 Å². The molecule has 0 spiro atoms. The third kappa shape index (κ3) is 2.93. The molecule has 0 saturated heterocycles. The number of anilines is 1. The summed E-state index contributed by atoms with van der Waals surface area (Å²) in [4.78, 5) is 17.4. The van der Waals surface area contributed by atoms with E-state index in [4.69, 9.17) is 11.6 Å². The highest BCUT2D eigenvalue weighted by atomic mass is 79.9. The van der Waals surface area contributed by atoms with Gasteiger partial charge in [-0.05, 0) is 34.1 Å². The first-order valence-electron chi connectivity index (χ1n) is 5.34. The Bertz CT molecular complexity index is 636. The number of nitrogens with zero attached hydrogens (tertiary/aromatic N) is 2. The molecule has 0 unspecified atom stereocenters. The molecule has 98 valence electrons. The Kier molecular flexibility index (Phi) is 4.17. The quantitative estimate of drug-likeness (QED) is 0.775. The molecule has 0 aliphatic heterocycles. The largest absolute Gasteiger partial charge is 0.309 e. The molecule has 0 radical (unpaired) electrons. The van der Waals surface area contributed by atoms with E-state index in [2.05, 4.69) is 20.9 Å². The number of pyridine rings is 1. The van der Waals surface area contributed by atoms with Gasteiger partial charge in [-0.3, -0.25) is 4.79 Å². The second-order valence-electron chi connectivity index (χ2n) is 3.81. The highest BCUT2D eigenvalue weighted by Gasteiger charge is 2.19. The smallest absolute Gasteiger partial charge is 0.261 e. The van der Waals surface area contributed by atoms with Crippen molar-refractivity contribution in [1.82, 2.24) is 4.98 Å². The van der Waals surface area contributed by atoms with Gasteiger partial charge in [0, 0.05) is 17.7 Å². The van der Waals surface area contributed by atoms with Crippen LogP contribution in [0.15, 0.2) is 41.0 Å². The Balaban J connectivity index is 2.39. The SMILES string of the molecule is CN(C(=O)c1cc(Br)cnc1Cl)c1ccccc1F. The van der Waals surface area contributed by atoms with Crippen LogP contribution in [0, 0.1) is 5.82 Å². The van der Waals surface area contributed by atoms with E-state index >= 15 is 0 Å². The van der Waals surface area contributed by atoms with Gasteiger partial charge < -0.3 is 4.90 Å². The average molecular weight is 344 g/mol. The molecule has 1 aromatic heterocycles. The molecule has 0 fully saturated rings. The molecule has 0 aliphatic rings. The van der Waals surface area contributed by atoms with E-state index in [1.165, 1.54) is 30.3 Å². The molecular formula is C13H9BrClFN2O. The Hall–Kier alpha value is -1.46. The summed E-state index contributed by atoms with van der Waals surface area (Å²) in [5.41, 5.74) is 0.394. The van der Waals surface area contributed by atoms with Crippen molar-refractivity contribution >= 4 is 39.1 Å². The normalized spacial score (nSPS) is 10.3. The van der Waals surface area contributed by atoms with Crippen molar-refractivity contribution in [1.29, 1.82) is 0 Å². The minimum absolute atomic E-state index is 0.0800. The van der Waals surface area contributed by atoms with Crippen LogP contribution < -0.4 is 4.90 Å². The average Bonchev–Trinajstić information content (AvgIpc) is 2.40. The standard InChI is InChI=1S/C13H9BrClFN2O/c1-18(11-5-3-2-4-10(11)16)13(19)9-6-8(14)7-17-12(9)15/h2-7H,1H3. The third-order valence-electron chi connectivity index (χ3n) is 2.55. The first-order valence-corrected chi connectivity index (χ1v) is 6.51. The van der Waals surface area contributed by atoms with E-state index in [-0.39, 0.29) is 16.4 Å². The minimum atomic E-state index is -0.475. The highest BCUT2D eigenvalue weighted by Crippen LogP contribution is 2.23. The number of amides is 1. The van der Waals surface area contributed by atoms with Gasteiger partial charge in [0.2, 0.25) is 0 Å². The summed E-state index contributed by atoms with van der Waals surface area (Å²) in [6.45, 7) is 0. The number of halogens is 3. The molecule has 0 bridgehead atoms. The van der Waals surface area contributed by atoms with Crippen LogP contribution in [0.25, 0.3) is 0 Å². The summed E-state index contributed by atoms with van der Waals surface area (Å²) in [5.74, 6) is -0.902. The lowest BCUT2D eigenvalue weighted by molar-refractivity contribution is 0.0992. The number of rotatable bonds is 2. The Morgan fingerprint density at radius 1 is 1.42 bits per heavy atom. The fourth-order valence-corrected chi connectivity index (χ4v) is 2.10. The number of hydrogen-bond acceptors (Lipinski definition) is 2. The van der Waals surface area contributed by atoms with Gasteiger partial charge in [-0.2, -0.15) is 0 Å². The lowest BCUT2D eigenvalue weighted by Gasteiger charge is -2.18. The van der Waals surface area contributed by atoms with Gasteiger partial charge >= 0.3 is 0 Å². The van der Waals surface area contributed by atoms with Gasteiger partial charge in [0.05, 0.1) is 11.3 Å². The van der Waals surface area contributed by atoms with E-state index in [1.807, 2.05) is 0 Å². The van der Waals surface area contributed by atoms with Gasteiger partial charge in [-0.15, -0.1) is 0 Å². The van der Waals surface area contributed by atoms with Crippen molar-refractivity contribution in [2.45, 2.75) is 0 Å². The van der Waals surface area contributed by atoms with Crippen LogP contribution in [-0.2, 0) is 0 Å². The third-order valence-corrected chi connectivity index (χ3v) is 3.29. The second kappa shape index (κ2) is 5.67. The van der Waals surface area contributed by atoms with Crippen LogP contribution >= 0.6 is 27.5 Å². The molecule has 6 heteroatoms. The zero-order valence-corrected chi connectivity index (χ0v) is 12.2. The molecule has 1 heterocycles. The highest BCUT2D eigenvalue weighted by molar-refractivity contribution is 9.10. The van der Waals surface area contributed by atoms with E-state index in [0.29, 0.717) is 4.47 Å². The van der Waals surface area contributed by atoms with E-state index < -0.39 is 11.7 Å². The maximum Gasteiger partial charge on any atom is 0.261 e. The molecule has 0 saturated carbocycles. The predicted molar refractivity (Wildman–Crippen MR) is 76.1 cm³/mol. The minimum Gasteiger partial charge on any atom is -0.309 e. The van der Waals surface area contributed by atoms with Crippen LogP contribution in [0.4, 0.5) is 10.1 Å². The fourth-order valence-electron chi connectivity index (χ4n) is 1.59. The summed E-state index contributed by atoms with van der Waals surface area (Å²) in [5, 5.41) is 0.0800. The Morgan fingerprint density at radius 2 is 2.11 bits per heavy atom. The summed E-state index contributed by atoms with van der Waals surface area (Å²) in [7, 11) is 1.48. The zero-order chi connectivity index (χ0) is 14.0. The molecule has 19 heavy (non-hydrogen) atoms. The predicted octanol–water partition coefficient (Wildman–Crippen LogP) is 3.91. The Labute approximate surface area is 123 Å². The van der Waals surface area contributed by atoms with Crippen molar-refractivity contribution in [2.24, 2.45) is 0 Å². The first-order chi connectivity index (χ1) is 9.00. The molecule has 2 aromatic rings. The van der Waals surface area contributed by atoms with Crippen LogP contribution in [0.5, 0.6) is 0 Å².